The van der Waals surface area contributed by atoms with Crippen molar-refractivity contribution in [3.05, 3.63) is 65.7 Å². The Hall–Kier alpha value is -3.15. The van der Waals surface area contributed by atoms with Crippen LogP contribution >= 0.6 is 0 Å². The lowest BCUT2D eigenvalue weighted by Gasteiger charge is -2.04. The number of benzene rings is 2. The second kappa shape index (κ2) is 9.09. The molecule has 2 rings (SSSR count). The number of hydrazone groups is 1. The van der Waals surface area contributed by atoms with Crippen LogP contribution in [0.5, 0.6) is 5.75 Å². The number of methoxy groups -OCH3 is 1. The second-order valence-electron chi connectivity index (χ2n) is 4.96. The van der Waals surface area contributed by atoms with Gasteiger partial charge in [-0.2, -0.15) is 5.10 Å². The first-order valence-corrected chi connectivity index (χ1v) is 7.48. The van der Waals surface area contributed by atoms with Crippen LogP contribution in [0.2, 0.25) is 0 Å². The maximum atomic E-state index is 11.6. The molecule has 2 amide bonds. The molecule has 2 N–H and O–H groups in total. The molecule has 124 valence electrons. The van der Waals surface area contributed by atoms with Crippen molar-refractivity contribution in [3.63, 3.8) is 0 Å². The number of hydrogen-bond donors (Lipinski definition) is 2. The Labute approximate surface area is 140 Å². The van der Waals surface area contributed by atoms with Gasteiger partial charge in [-0.1, -0.05) is 30.3 Å². The molecule has 0 aliphatic rings. The summed E-state index contributed by atoms with van der Waals surface area (Å²) in [7, 11) is 1.58. The lowest BCUT2D eigenvalue weighted by molar-refractivity contribution is -0.139. The van der Waals surface area contributed by atoms with E-state index in [4.69, 9.17) is 4.74 Å². The summed E-state index contributed by atoms with van der Waals surface area (Å²) < 4.78 is 5.05. The molecule has 24 heavy (non-hydrogen) atoms. The first kappa shape index (κ1) is 17.2. The van der Waals surface area contributed by atoms with Gasteiger partial charge in [0.2, 0.25) is 0 Å². The Kier molecular flexibility index (Phi) is 6.52. The van der Waals surface area contributed by atoms with E-state index >= 15 is 0 Å². The fourth-order valence-electron chi connectivity index (χ4n) is 1.95. The molecule has 0 aliphatic carbocycles. The molecular weight excluding hydrogens is 306 g/mol. The van der Waals surface area contributed by atoms with Crippen molar-refractivity contribution in [3.8, 4) is 5.75 Å². The molecule has 0 spiro atoms. The van der Waals surface area contributed by atoms with Crippen LogP contribution in [-0.2, 0) is 16.0 Å². The first-order chi connectivity index (χ1) is 11.7. The molecule has 0 fully saturated rings. The maximum Gasteiger partial charge on any atom is 0.329 e. The predicted octanol–water partition coefficient (Wildman–Crippen LogP) is 1.50. The van der Waals surface area contributed by atoms with Crippen LogP contribution < -0.4 is 15.5 Å². The summed E-state index contributed by atoms with van der Waals surface area (Å²) in [5.74, 6) is -0.778. The van der Waals surface area contributed by atoms with Gasteiger partial charge in [-0.3, -0.25) is 9.59 Å². The van der Waals surface area contributed by atoms with E-state index in [0.717, 1.165) is 16.9 Å². The Morgan fingerprint density at radius 3 is 2.42 bits per heavy atom. The largest absolute Gasteiger partial charge is 0.497 e. The lowest BCUT2D eigenvalue weighted by atomic mass is 10.1. The maximum absolute atomic E-state index is 11.6. The van der Waals surface area contributed by atoms with Gasteiger partial charge in [0.25, 0.3) is 0 Å². The minimum absolute atomic E-state index is 0.387. The summed E-state index contributed by atoms with van der Waals surface area (Å²) >= 11 is 0. The van der Waals surface area contributed by atoms with Crippen LogP contribution in [0.3, 0.4) is 0 Å². The van der Waals surface area contributed by atoms with E-state index in [1.54, 1.807) is 31.4 Å². The molecular formula is C18H19N3O3. The third kappa shape index (κ3) is 5.57. The molecule has 6 nitrogen and oxygen atoms in total. The third-order valence-electron chi connectivity index (χ3n) is 3.24. The number of rotatable bonds is 6. The average molecular weight is 325 g/mol. The SMILES string of the molecule is COc1ccc(/C=N\NC(=O)C(=O)NCCc2ccccc2)cc1. The molecule has 2 aromatic rings. The topological polar surface area (TPSA) is 79.8 Å². The van der Waals surface area contributed by atoms with Gasteiger partial charge in [0.15, 0.2) is 0 Å². The van der Waals surface area contributed by atoms with Gasteiger partial charge in [-0.15, -0.1) is 0 Å². The molecule has 0 radical (unpaired) electrons. The number of nitrogens with one attached hydrogen (secondary N) is 2. The molecule has 0 aliphatic heterocycles. The van der Waals surface area contributed by atoms with Crippen LogP contribution in [0.15, 0.2) is 59.7 Å². The summed E-state index contributed by atoms with van der Waals surface area (Å²) in [6.45, 7) is 0.387. The van der Waals surface area contributed by atoms with E-state index in [9.17, 15) is 9.59 Å². The van der Waals surface area contributed by atoms with Crippen molar-refractivity contribution in [2.75, 3.05) is 13.7 Å². The molecule has 0 aromatic heterocycles. The first-order valence-electron chi connectivity index (χ1n) is 7.48. The quantitative estimate of drug-likeness (QED) is 0.480. The number of ether oxygens (including phenoxy) is 1. The van der Waals surface area contributed by atoms with Gasteiger partial charge < -0.3 is 10.1 Å². The smallest absolute Gasteiger partial charge is 0.329 e. The molecule has 2 aromatic carbocycles. The van der Waals surface area contributed by atoms with Crippen molar-refractivity contribution in [2.45, 2.75) is 6.42 Å². The van der Waals surface area contributed by atoms with Crippen molar-refractivity contribution >= 4 is 18.0 Å². The van der Waals surface area contributed by atoms with Gasteiger partial charge in [-0.05, 0) is 41.8 Å². The van der Waals surface area contributed by atoms with Gasteiger partial charge in [0.1, 0.15) is 5.75 Å². The van der Waals surface area contributed by atoms with Crippen molar-refractivity contribution in [1.29, 1.82) is 0 Å². The highest BCUT2D eigenvalue weighted by atomic mass is 16.5. The molecule has 0 saturated carbocycles. The van der Waals surface area contributed by atoms with Crippen LogP contribution in [0.4, 0.5) is 0 Å². The highest BCUT2D eigenvalue weighted by molar-refractivity contribution is 6.35. The number of carbonyl (C=O) groups is 2. The highest BCUT2D eigenvalue weighted by Crippen LogP contribution is 2.09. The number of hydrogen-bond acceptors (Lipinski definition) is 4. The average Bonchev–Trinajstić information content (AvgIpc) is 2.63. The standard InChI is InChI=1S/C18H19N3O3/c1-24-16-9-7-15(8-10-16)13-20-21-18(23)17(22)19-12-11-14-5-3-2-4-6-14/h2-10,13H,11-12H2,1H3,(H,19,22)(H,21,23)/b20-13-. The monoisotopic (exact) mass is 325 g/mol. The van der Waals surface area contributed by atoms with E-state index in [0.29, 0.717) is 13.0 Å². The molecule has 0 saturated heterocycles. The summed E-state index contributed by atoms with van der Waals surface area (Å²) in [6, 6.07) is 16.8. The zero-order valence-electron chi connectivity index (χ0n) is 13.4. The number of nitrogens with zero attached hydrogens (tertiary/aromatic N) is 1. The lowest BCUT2D eigenvalue weighted by Crippen LogP contribution is -2.38. The minimum atomic E-state index is -0.798. The molecule has 0 atom stereocenters. The summed E-state index contributed by atoms with van der Waals surface area (Å²) in [5, 5.41) is 6.31. The Morgan fingerprint density at radius 1 is 1.04 bits per heavy atom. The van der Waals surface area contributed by atoms with Crippen molar-refractivity contribution in [1.82, 2.24) is 10.7 Å². The predicted molar refractivity (Wildman–Crippen MR) is 91.9 cm³/mol. The molecule has 0 heterocycles. The Bertz CT molecular complexity index is 697. The minimum Gasteiger partial charge on any atom is -0.497 e. The van der Waals surface area contributed by atoms with Crippen LogP contribution in [0, 0.1) is 0 Å². The van der Waals surface area contributed by atoms with Crippen LogP contribution in [0.25, 0.3) is 0 Å². The van der Waals surface area contributed by atoms with Gasteiger partial charge >= 0.3 is 11.8 Å². The van der Waals surface area contributed by atoms with Gasteiger partial charge in [0.05, 0.1) is 13.3 Å². The number of carbonyl (C=O) groups excluding carboxylic acids is 2. The van der Waals surface area contributed by atoms with E-state index < -0.39 is 11.8 Å². The summed E-state index contributed by atoms with van der Waals surface area (Å²) in [5.41, 5.74) is 4.07. The van der Waals surface area contributed by atoms with E-state index in [1.807, 2.05) is 30.3 Å². The summed E-state index contributed by atoms with van der Waals surface area (Å²) in [4.78, 5) is 23.3. The van der Waals surface area contributed by atoms with Gasteiger partial charge in [-0.25, -0.2) is 5.43 Å². The fourth-order valence-corrected chi connectivity index (χ4v) is 1.95. The molecule has 6 heteroatoms. The van der Waals surface area contributed by atoms with Crippen molar-refractivity contribution in [2.24, 2.45) is 5.10 Å². The zero-order valence-corrected chi connectivity index (χ0v) is 13.4. The molecule has 0 unspecified atom stereocenters. The van der Waals surface area contributed by atoms with E-state index in [-0.39, 0.29) is 0 Å². The van der Waals surface area contributed by atoms with E-state index in [2.05, 4.69) is 15.8 Å². The fraction of sp³-hybridized carbons (Fsp3) is 0.167. The van der Waals surface area contributed by atoms with Crippen molar-refractivity contribution < 1.29 is 14.3 Å². The second-order valence-corrected chi connectivity index (χ2v) is 4.96. The van der Waals surface area contributed by atoms with Gasteiger partial charge in [0, 0.05) is 6.54 Å². The summed E-state index contributed by atoms with van der Waals surface area (Å²) in [6.07, 6.45) is 2.11. The third-order valence-corrected chi connectivity index (χ3v) is 3.24. The zero-order chi connectivity index (χ0) is 17.2. The Morgan fingerprint density at radius 2 is 1.75 bits per heavy atom. The van der Waals surface area contributed by atoms with Crippen LogP contribution in [0.1, 0.15) is 11.1 Å². The molecule has 0 bridgehead atoms. The highest BCUT2D eigenvalue weighted by Gasteiger charge is 2.11. The number of amides is 2. The van der Waals surface area contributed by atoms with Crippen LogP contribution in [-0.4, -0.2) is 31.7 Å². The van der Waals surface area contributed by atoms with E-state index in [1.165, 1.54) is 6.21 Å². The Balaban J connectivity index is 1.72. The normalized spacial score (nSPS) is 10.4.